The second-order valence-electron chi connectivity index (χ2n) is 3.67. The Morgan fingerprint density at radius 2 is 2.25 bits per heavy atom. The van der Waals surface area contributed by atoms with E-state index in [4.69, 9.17) is 0 Å². The summed E-state index contributed by atoms with van der Waals surface area (Å²) in [4.78, 5) is 0. The first-order valence-corrected chi connectivity index (χ1v) is 5.16. The minimum atomic E-state index is 0.00690. The lowest BCUT2D eigenvalue weighted by atomic mass is 10.1. The molecule has 0 aliphatic carbocycles. The monoisotopic (exact) mass is 217 g/mol. The van der Waals surface area contributed by atoms with Gasteiger partial charge in [0.05, 0.1) is 12.3 Å². The molecule has 0 saturated heterocycles. The van der Waals surface area contributed by atoms with Crippen LogP contribution in [0.5, 0.6) is 0 Å². The molecule has 0 atom stereocenters. The van der Waals surface area contributed by atoms with E-state index in [0.29, 0.717) is 0 Å². The normalized spacial score (nSPS) is 10.4. The van der Waals surface area contributed by atoms with Crippen molar-refractivity contribution in [3.63, 3.8) is 0 Å². The average Bonchev–Trinajstić information content (AvgIpc) is 2.70. The molecule has 0 aliphatic heterocycles. The molecule has 1 aromatic heterocycles. The van der Waals surface area contributed by atoms with E-state index in [0.717, 1.165) is 22.5 Å². The summed E-state index contributed by atoms with van der Waals surface area (Å²) < 4.78 is 1.72. The highest BCUT2D eigenvalue weighted by molar-refractivity contribution is 5.67. The SMILES string of the molecule is CNc1cccc(-c2nn(C)cc2CO)c1. The van der Waals surface area contributed by atoms with Gasteiger partial charge in [0.1, 0.15) is 0 Å². The van der Waals surface area contributed by atoms with Crippen molar-refractivity contribution in [2.24, 2.45) is 7.05 Å². The Labute approximate surface area is 94.5 Å². The molecule has 16 heavy (non-hydrogen) atoms. The molecule has 0 saturated carbocycles. The van der Waals surface area contributed by atoms with Crippen LogP contribution in [0.15, 0.2) is 30.5 Å². The average molecular weight is 217 g/mol. The van der Waals surface area contributed by atoms with Gasteiger partial charge >= 0.3 is 0 Å². The predicted octanol–water partition coefficient (Wildman–Crippen LogP) is 1.62. The molecule has 4 heteroatoms. The fourth-order valence-electron chi connectivity index (χ4n) is 1.72. The first kappa shape index (κ1) is 10.7. The van der Waals surface area contributed by atoms with Crippen molar-refractivity contribution in [2.45, 2.75) is 6.61 Å². The third-order valence-corrected chi connectivity index (χ3v) is 2.50. The first-order valence-electron chi connectivity index (χ1n) is 5.16. The number of aliphatic hydroxyl groups excluding tert-OH is 1. The van der Waals surface area contributed by atoms with Gasteiger partial charge in [-0.05, 0) is 12.1 Å². The molecule has 0 amide bonds. The number of anilines is 1. The maximum atomic E-state index is 9.25. The third kappa shape index (κ3) is 1.92. The van der Waals surface area contributed by atoms with Crippen molar-refractivity contribution in [3.8, 4) is 11.3 Å². The highest BCUT2D eigenvalue weighted by atomic mass is 16.3. The molecule has 0 radical (unpaired) electrons. The van der Waals surface area contributed by atoms with Gasteiger partial charge in [-0.2, -0.15) is 5.10 Å². The zero-order valence-electron chi connectivity index (χ0n) is 9.44. The molecule has 0 spiro atoms. The Balaban J connectivity index is 2.48. The number of hydrogen-bond donors (Lipinski definition) is 2. The van der Waals surface area contributed by atoms with Crippen LogP contribution in [0.3, 0.4) is 0 Å². The molecular weight excluding hydrogens is 202 g/mol. The topological polar surface area (TPSA) is 50.1 Å². The van der Waals surface area contributed by atoms with Gasteiger partial charge in [0.2, 0.25) is 0 Å². The van der Waals surface area contributed by atoms with E-state index in [-0.39, 0.29) is 6.61 Å². The summed E-state index contributed by atoms with van der Waals surface area (Å²) >= 11 is 0. The molecule has 2 aromatic rings. The van der Waals surface area contributed by atoms with Crippen molar-refractivity contribution in [1.82, 2.24) is 9.78 Å². The third-order valence-electron chi connectivity index (χ3n) is 2.50. The molecule has 0 bridgehead atoms. The van der Waals surface area contributed by atoms with Crippen molar-refractivity contribution in [1.29, 1.82) is 0 Å². The Morgan fingerprint density at radius 3 is 2.94 bits per heavy atom. The van der Waals surface area contributed by atoms with Gasteiger partial charge in [-0.3, -0.25) is 4.68 Å². The van der Waals surface area contributed by atoms with E-state index < -0.39 is 0 Å². The molecule has 4 nitrogen and oxygen atoms in total. The van der Waals surface area contributed by atoms with E-state index in [2.05, 4.69) is 10.4 Å². The Kier molecular flexibility index (Phi) is 2.92. The van der Waals surface area contributed by atoms with Gasteiger partial charge in [-0.1, -0.05) is 12.1 Å². The van der Waals surface area contributed by atoms with Gasteiger partial charge in [-0.15, -0.1) is 0 Å². The summed E-state index contributed by atoms with van der Waals surface area (Å²) in [5.41, 5.74) is 3.72. The molecule has 0 unspecified atom stereocenters. The summed E-state index contributed by atoms with van der Waals surface area (Å²) in [5.74, 6) is 0. The molecule has 1 heterocycles. The highest BCUT2D eigenvalue weighted by Gasteiger charge is 2.09. The van der Waals surface area contributed by atoms with Crippen molar-refractivity contribution >= 4 is 5.69 Å². The highest BCUT2D eigenvalue weighted by Crippen LogP contribution is 2.24. The molecule has 0 aliphatic rings. The molecule has 1 aromatic carbocycles. The summed E-state index contributed by atoms with van der Waals surface area (Å²) in [5, 5.41) is 16.7. The maximum Gasteiger partial charge on any atom is 0.0978 e. The van der Waals surface area contributed by atoms with Crippen molar-refractivity contribution < 1.29 is 5.11 Å². The van der Waals surface area contributed by atoms with E-state index in [1.165, 1.54) is 0 Å². The predicted molar refractivity (Wildman–Crippen MR) is 64.1 cm³/mol. The standard InChI is InChI=1S/C12H15N3O/c1-13-11-5-3-4-9(6-11)12-10(8-16)7-15(2)14-12/h3-7,13,16H,8H2,1-2H3. The number of rotatable bonds is 3. The first-order chi connectivity index (χ1) is 7.74. The zero-order valence-corrected chi connectivity index (χ0v) is 9.44. The van der Waals surface area contributed by atoms with E-state index in [1.54, 1.807) is 4.68 Å². The van der Waals surface area contributed by atoms with Crippen LogP contribution in [0.2, 0.25) is 0 Å². The summed E-state index contributed by atoms with van der Waals surface area (Å²) in [6.45, 7) is 0.00690. The quantitative estimate of drug-likeness (QED) is 0.821. The minimum Gasteiger partial charge on any atom is -0.392 e. The van der Waals surface area contributed by atoms with Gasteiger partial charge < -0.3 is 10.4 Å². The minimum absolute atomic E-state index is 0.00690. The van der Waals surface area contributed by atoms with Crippen LogP contribution in [0.25, 0.3) is 11.3 Å². The number of aryl methyl sites for hydroxylation is 1. The lowest BCUT2D eigenvalue weighted by Crippen LogP contribution is -1.91. The van der Waals surface area contributed by atoms with E-state index >= 15 is 0 Å². The van der Waals surface area contributed by atoms with Gasteiger partial charge in [0.25, 0.3) is 0 Å². The lowest BCUT2D eigenvalue weighted by molar-refractivity contribution is 0.282. The maximum absolute atomic E-state index is 9.25. The fourth-order valence-corrected chi connectivity index (χ4v) is 1.72. The molecule has 2 rings (SSSR count). The Morgan fingerprint density at radius 1 is 1.44 bits per heavy atom. The molecular formula is C12H15N3O. The number of nitrogens with zero attached hydrogens (tertiary/aromatic N) is 2. The van der Waals surface area contributed by atoms with Crippen LogP contribution < -0.4 is 5.32 Å². The smallest absolute Gasteiger partial charge is 0.0978 e. The fraction of sp³-hybridized carbons (Fsp3) is 0.250. The summed E-state index contributed by atoms with van der Waals surface area (Å²) in [6.07, 6.45) is 1.83. The van der Waals surface area contributed by atoms with E-state index in [9.17, 15) is 5.11 Å². The number of benzene rings is 1. The number of aromatic nitrogens is 2. The second-order valence-corrected chi connectivity index (χ2v) is 3.67. The molecule has 2 N–H and O–H groups in total. The number of hydrogen-bond acceptors (Lipinski definition) is 3. The molecule has 0 fully saturated rings. The lowest BCUT2D eigenvalue weighted by Gasteiger charge is -2.03. The van der Waals surface area contributed by atoms with Crippen molar-refractivity contribution in [3.05, 3.63) is 36.0 Å². The van der Waals surface area contributed by atoms with Crippen LogP contribution in [0.1, 0.15) is 5.56 Å². The number of aliphatic hydroxyl groups is 1. The van der Waals surface area contributed by atoms with Gasteiger partial charge in [0.15, 0.2) is 0 Å². The van der Waals surface area contributed by atoms with Crippen molar-refractivity contribution in [2.75, 3.05) is 12.4 Å². The van der Waals surface area contributed by atoms with Crippen LogP contribution in [-0.2, 0) is 13.7 Å². The summed E-state index contributed by atoms with van der Waals surface area (Å²) in [7, 11) is 3.73. The largest absolute Gasteiger partial charge is 0.392 e. The zero-order chi connectivity index (χ0) is 11.5. The van der Waals surface area contributed by atoms with Crippen LogP contribution in [0.4, 0.5) is 5.69 Å². The Bertz CT molecular complexity index is 491. The van der Waals surface area contributed by atoms with Crippen LogP contribution >= 0.6 is 0 Å². The molecule has 84 valence electrons. The second kappa shape index (κ2) is 4.37. The number of nitrogens with one attached hydrogen (secondary N) is 1. The van der Waals surface area contributed by atoms with E-state index in [1.807, 2.05) is 44.6 Å². The van der Waals surface area contributed by atoms with Gasteiger partial charge in [-0.25, -0.2) is 0 Å². The Hall–Kier alpha value is -1.81. The van der Waals surface area contributed by atoms with Crippen LogP contribution in [0, 0.1) is 0 Å². The van der Waals surface area contributed by atoms with Gasteiger partial charge in [0, 0.05) is 37.1 Å². The van der Waals surface area contributed by atoms with Crippen LogP contribution in [-0.4, -0.2) is 21.9 Å². The summed E-state index contributed by atoms with van der Waals surface area (Å²) in [6, 6.07) is 7.96.